The van der Waals surface area contributed by atoms with Crippen molar-refractivity contribution in [3.05, 3.63) is 12.2 Å². The van der Waals surface area contributed by atoms with Gasteiger partial charge in [-0.2, -0.15) is 0 Å². The molecule has 0 amide bonds. The second kappa shape index (κ2) is 7.14. The van der Waals surface area contributed by atoms with Gasteiger partial charge in [-0.1, -0.05) is 12.5 Å². The minimum atomic E-state index is 0.0232. The quantitative estimate of drug-likeness (QED) is 0.588. The maximum Gasteiger partial charge on any atom is 0.0602 e. The van der Waals surface area contributed by atoms with Gasteiger partial charge in [-0.25, -0.2) is 0 Å². The molecule has 0 saturated heterocycles. The van der Waals surface area contributed by atoms with Crippen LogP contribution >= 0.6 is 0 Å². The van der Waals surface area contributed by atoms with E-state index in [1.54, 1.807) is 0 Å². The lowest BCUT2D eigenvalue weighted by Gasteiger charge is -2.23. The summed E-state index contributed by atoms with van der Waals surface area (Å²) in [6, 6.07) is 0. The molecule has 0 bridgehead atoms. The Kier molecular flexibility index (Phi) is 8.34. The molecule has 1 atom stereocenters. The molecule has 0 aromatic heterocycles. The molecule has 0 spiro atoms. The van der Waals surface area contributed by atoms with Gasteiger partial charge in [0.2, 0.25) is 0 Å². The Bertz CT molecular complexity index is 127. The predicted molar refractivity (Wildman–Crippen MR) is 61.1 cm³/mol. The molecule has 0 aliphatic carbocycles. The predicted octanol–water partition coefficient (Wildman–Crippen LogP) is 4.18. The van der Waals surface area contributed by atoms with E-state index in [0.29, 0.717) is 6.10 Å². The van der Waals surface area contributed by atoms with Crippen LogP contribution in [-0.2, 0) is 4.74 Å². The Morgan fingerprint density at radius 2 is 1.62 bits per heavy atom. The normalized spacial score (nSPS) is 12.8. The smallest absolute Gasteiger partial charge is 0.0602 e. The van der Waals surface area contributed by atoms with Crippen molar-refractivity contribution in [3.63, 3.8) is 0 Å². The third-order valence-corrected chi connectivity index (χ3v) is 1.13. The molecule has 1 nitrogen and oxygen atoms in total. The number of allylic oxidation sites excluding steroid dienone is 1. The van der Waals surface area contributed by atoms with Crippen LogP contribution in [0.1, 0.15) is 54.9 Å². The van der Waals surface area contributed by atoms with Crippen LogP contribution in [0.3, 0.4) is 0 Å². The summed E-state index contributed by atoms with van der Waals surface area (Å²) in [4.78, 5) is 0. The van der Waals surface area contributed by atoms with Crippen molar-refractivity contribution < 1.29 is 4.74 Å². The molecule has 1 unspecified atom stereocenters. The maximum absolute atomic E-state index is 5.59. The largest absolute Gasteiger partial charge is 0.373 e. The second-order valence-corrected chi connectivity index (χ2v) is 4.66. The zero-order valence-electron chi connectivity index (χ0n) is 10.4. The summed E-state index contributed by atoms with van der Waals surface area (Å²) in [5.74, 6) is 0. The van der Waals surface area contributed by atoms with Crippen LogP contribution in [0.4, 0.5) is 0 Å². The lowest BCUT2D eigenvalue weighted by atomic mass is 10.2. The number of ether oxygens (including phenoxy) is 1. The molecule has 0 rings (SSSR count). The third-order valence-electron chi connectivity index (χ3n) is 1.13. The zero-order chi connectivity index (χ0) is 11.1. The number of hydrogen-bond acceptors (Lipinski definition) is 1. The van der Waals surface area contributed by atoms with Gasteiger partial charge in [0.1, 0.15) is 0 Å². The molecule has 13 heavy (non-hydrogen) atoms. The van der Waals surface area contributed by atoms with Gasteiger partial charge >= 0.3 is 0 Å². The average Bonchev–Trinajstić information content (AvgIpc) is 1.82. The molecule has 0 N–H and O–H groups in total. The van der Waals surface area contributed by atoms with Crippen LogP contribution in [0, 0.1) is 0 Å². The van der Waals surface area contributed by atoms with Crippen LogP contribution in [0.2, 0.25) is 0 Å². The Labute approximate surface area is 84.2 Å². The van der Waals surface area contributed by atoms with Crippen molar-refractivity contribution in [2.24, 2.45) is 0 Å². The molecule has 80 valence electrons. The van der Waals surface area contributed by atoms with Crippen LogP contribution in [-0.4, -0.2) is 11.7 Å². The van der Waals surface area contributed by atoms with Crippen molar-refractivity contribution in [1.29, 1.82) is 0 Å². The molecular formula is C12H26O. The number of hydrogen-bond donors (Lipinski definition) is 0. The highest BCUT2D eigenvalue weighted by Crippen LogP contribution is 2.11. The van der Waals surface area contributed by atoms with Crippen LogP contribution in [0.5, 0.6) is 0 Å². The average molecular weight is 186 g/mol. The van der Waals surface area contributed by atoms with E-state index < -0.39 is 0 Å². The Morgan fingerprint density at radius 1 is 1.31 bits per heavy atom. The summed E-state index contributed by atoms with van der Waals surface area (Å²) in [6.07, 6.45) is 1.49. The van der Waals surface area contributed by atoms with Gasteiger partial charge < -0.3 is 4.74 Å². The SMILES string of the molecule is C=C(C)C.CCC(C)OC(C)(C)C. The fourth-order valence-corrected chi connectivity index (χ4v) is 0.687. The second-order valence-electron chi connectivity index (χ2n) is 4.66. The summed E-state index contributed by atoms with van der Waals surface area (Å²) in [7, 11) is 0. The molecule has 0 saturated carbocycles. The van der Waals surface area contributed by atoms with Gasteiger partial charge in [-0.3, -0.25) is 0 Å². The molecule has 0 fully saturated rings. The fourth-order valence-electron chi connectivity index (χ4n) is 0.687. The highest BCUT2D eigenvalue weighted by molar-refractivity contribution is 4.78. The Hall–Kier alpha value is -0.300. The Balaban J connectivity index is 0. The van der Waals surface area contributed by atoms with Crippen molar-refractivity contribution in [1.82, 2.24) is 0 Å². The van der Waals surface area contributed by atoms with Crippen molar-refractivity contribution >= 4 is 0 Å². The van der Waals surface area contributed by atoms with E-state index in [2.05, 4.69) is 41.2 Å². The molecule has 0 aromatic carbocycles. The van der Waals surface area contributed by atoms with E-state index in [4.69, 9.17) is 4.74 Å². The maximum atomic E-state index is 5.59. The van der Waals surface area contributed by atoms with E-state index in [0.717, 1.165) is 6.42 Å². The van der Waals surface area contributed by atoms with Gasteiger partial charge in [0.05, 0.1) is 11.7 Å². The molecule has 0 radical (unpaired) electrons. The first-order valence-corrected chi connectivity index (χ1v) is 4.99. The topological polar surface area (TPSA) is 9.23 Å². The molecule has 0 aliphatic heterocycles. The first-order valence-electron chi connectivity index (χ1n) is 4.99. The molecular weight excluding hydrogens is 160 g/mol. The highest BCUT2D eigenvalue weighted by Gasteiger charge is 2.12. The van der Waals surface area contributed by atoms with Crippen molar-refractivity contribution in [2.75, 3.05) is 0 Å². The zero-order valence-corrected chi connectivity index (χ0v) is 10.4. The monoisotopic (exact) mass is 186 g/mol. The first-order chi connectivity index (χ1) is 5.69. The lowest BCUT2D eigenvalue weighted by Crippen LogP contribution is -2.24. The minimum Gasteiger partial charge on any atom is -0.373 e. The van der Waals surface area contributed by atoms with Gasteiger partial charge in [0, 0.05) is 0 Å². The fraction of sp³-hybridized carbons (Fsp3) is 0.833. The van der Waals surface area contributed by atoms with E-state index in [9.17, 15) is 0 Å². The van der Waals surface area contributed by atoms with E-state index in [1.165, 1.54) is 5.57 Å². The van der Waals surface area contributed by atoms with Crippen molar-refractivity contribution in [2.45, 2.75) is 66.6 Å². The van der Waals surface area contributed by atoms with Crippen LogP contribution in [0.25, 0.3) is 0 Å². The summed E-state index contributed by atoms with van der Waals surface area (Å²) >= 11 is 0. The molecule has 1 heteroatoms. The van der Waals surface area contributed by atoms with E-state index in [1.807, 2.05) is 13.8 Å². The standard InChI is InChI=1S/C8H18O.C4H8/c1-6-7(2)9-8(3,4)5;1-4(2)3/h7H,6H2,1-5H3;1H2,2-3H3. The van der Waals surface area contributed by atoms with Gasteiger partial charge in [0.25, 0.3) is 0 Å². The molecule has 0 aliphatic rings. The summed E-state index contributed by atoms with van der Waals surface area (Å²) < 4.78 is 5.59. The summed E-state index contributed by atoms with van der Waals surface area (Å²) in [5.41, 5.74) is 1.19. The van der Waals surface area contributed by atoms with Gasteiger partial charge in [-0.05, 0) is 48.0 Å². The lowest BCUT2D eigenvalue weighted by molar-refractivity contribution is -0.0521. The first kappa shape index (κ1) is 15.2. The summed E-state index contributed by atoms with van der Waals surface area (Å²) in [5, 5.41) is 0. The van der Waals surface area contributed by atoms with Gasteiger partial charge in [-0.15, -0.1) is 6.58 Å². The van der Waals surface area contributed by atoms with E-state index in [-0.39, 0.29) is 5.60 Å². The van der Waals surface area contributed by atoms with E-state index >= 15 is 0 Å². The van der Waals surface area contributed by atoms with Crippen LogP contribution in [0.15, 0.2) is 12.2 Å². The third kappa shape index (κ3) is 24.5. The van der Waals surface area contributed by atoms with Gasteiger partial charge in [0.15, 0.2) is 0 Å². The minimum absolute atomic E-state index is 0.0232. The Morgan fingerprint density at radius 3 is 1.69 bits per heavy atom. The summed E-state index contributed by atoms with van der Waals surface area (Å²) in [6.45, 7) is 18.0. The molecule has 0 heterocycles. The molecule has 0 aromatic rings. The van der Waals surface area contributed by atoms with Crippen molar-refractivity contribution in [3.8, 4) is 0 Å². The highest BCUT2D eigenvalue weighted by atomic mass is 16.5. The number of rotatable bonds is 2. The van der Waals surface area contributed by atoms with Crippen LogP contribution < -0.4 is 0 Å².